The largest absolute Gasteiger partial charge is 0.465 e. The van der Waals surface area contributed by atoms with Crippen LogP contribution in [0.5, 0.6) is 0 Å². The summed E-state index contributed by atoms with van der Waals surface area (Å²) in [6.07, 6.45) is 1.49. The molecule has 8 heteroatoms. The summed E-state index contributed by atoms with van der Waals surface area (Å²) in [5.41, 5.74) is 0. The second-order valence-electron chi connectivity index (χ2n) is 5.64. The summed E-state index contributed by atoms with van der Waals surface area (Å²) in [4.78, 5) is 30.3. The third-order valence-electron chi connectivity index (χ3n) is 3.02. The Morgan fingerprint density at radius 1 is 1.30 bits per heavy atom. The number of hydrogen-bond donors (Lipinski definition) is 0. The quantitative estimate of drug-likeness (QED) is 0.560. The van der Waals surface area contributed by atoms with Gasteiger partial charge in [0.15, 0.2) is 11.0 Å². The lowest BCUT2D eigenvalue weighted by atomic mass is 10.2. The molecule has 0 spiro atoms. The highest BCUT2D eigenvalue weighted by Gasteiger charge is 2.26. The van der Waals surface area contributed by atoms with Gasteiger partial charge in [-0.3, -0.25) is 4.79 Å². The van der Waals surface area contributed by atoms with Gasteiger partial charge in [0.25, 0.3) is 0 Å². The van der Waals surface area contributed by atoms with Gasteiger partial charge in [0.05, 0.1) is 6.61 Å². The van der Waals surface area contributed by atoms with E-state index < -0.39 is 5.25 Å². The van der Waals surface area contributed by atoms with Gasteiger partial charge in [-0.1, -0.05) is 39.0 Å². The second-order valence-corrected chi connectivity index (χ2v) is 6.81. The molecule has 1 aromatic heterocycles. The Labute approximate surface area is 141 Å². The Balaban J connectivity index is 3.12. The van der Waals surface area contributed by atoms with E-state index in [1.54, 1.807) is 21.0 Å². The highest BCUT2D eigenvalue weighted by Crippen LogP contribution is 2.27. The second kappa shape index (κ2) is 8.90. The number of carbonyl (C=O) groups is 2. The van der Waals surface area contributed by atoms with Crippen LogP contribution in [-0.4, -0.2) is 57.6 Å². The fourth-order valence-corrected chi connectivity index (χ4v) is 2.93. The summed E-state index contributed by atoms with van der Waals surface area (Å²) in [5, 5.41) is 4.33. The Bertz CT molecular complexity index is 543. The molecule has 1 amide bonds. The van der Waals surface area contributed by atoms with Gasteiger partial charge in [-0.15, -0.1) is 5.10 Å². The van der Waals surface area contributed by atoms with Crippen molar-refractivity contribution in [1.82, 2.24) is 19.7 Å². The van der Waals surface area contributed by atoms with Crippen LogP contribution in [0.15, 0.2) is 5.16 Å². The minimum absolute atomic E-state index is 0.0952. The van der Waals surface area contributed by atoms with Gasteiger partial charge in [0, 0.05) is 20.0 Å². The fraction of sp³-hybridized carbons (Fsp3) is 0.733. The number of amides is 1. The standard InChI is InChI=1S/C15H26N4O3S/c1-7-9-11(13(20)22-8-2)23-14-16-12(10(3)4)17-19(14)15(21)18(5)6/h10-11H,7-9H2,1-6H3. The van der Waals surface area contributed by atoms with Crippen LogP contribution >= 0.6 is 11.8 Å². The predicted molar refractivity (Wildman–Crippen MR) is 89.8 cm³/mol. The van der Waals surface area contributed by atoms with Gasteiger partial charge in [-0.2, -0.15) is 4.68 Å². The van der Waals surface area contributed by atoms with Crippen molar-refractivity contribution in [3.8, 4) is 0 Å². The molecule has 0 fully saturated rings. The SMILES string of the molecule is CCCC(Sc1nc(C(C)C)nn1C(=O)N(C)C)C(=O)OCC. The van der Waals surface area contributed by atoms with Crippen molar-refractivity contribution in [3.05, 3.63) is 5.82 Å². The molecule has 1 atom stereocenters. The van der Waals surface area contributed by atoms with Crippen LogP contribution < -0.4 is 0 Å². The average Bonchev–Trinajstić information content (AvgIpc) is 2.90. The van der Waals surface area contributed by atoms with Gasteiger partial charge in [0.1, 0.15) is 5.25 Å². The zero-order valence-electron chi connectivity index (χ0n) is 14.7. The number of rotatable bonds is 7. The first-order valence-electron chi connectivity index (χ1n) is 7.83. The van der Waals surface area contributed by atoms with Crippen LogP contribution in [0.1, 0.15) is 52.3 Å². The molecule has 1 aromatic rings. The summed E-state index contributed by atoms with van der Waals surface area (Å²) < 4.78 is 6.38. The summed E-state index contributed by atoms with van der Waals surface area (Å²) >= 11 is 1.24. The lowest BCUT2D eigenvalue weighted by Gasteiger charge is -2.15. The minimum atomic E-state index is -0.391. The maximum Gasteiger partial charge on any atom is 0.346 e. The first-order chi connectivity index (χ1) is 10.8. The topological polar surface area (TPSA) is 77.3 Å². The zero-order chi connectivity index (χ0) is 17.6. The monoisotopic (exact) mass is 342 g/mol. The van der Waals surface area contributed by atoms with E-state index in [2.05, 4.69) is 10.1 Å². The van der Waals surface area contributed by atoms with Crippen LogP contribution in [0.3, 0.4) is 0 Å². The van der Waals surface area contributed by atoms with Gasteiger partial charge in [-0.25, -0.2) is 9.78 Å². The predicted octanol–water partition coefficient (Wildman–Crippen LogP) is 2.76. The minimum Gasteiger partial charge on any atom is -0.465 e. The number of nitrogens with zero attached hydrogens (tertiary/aromatic N) is 4. The number of esters is 1. The highest BCUT2D eigenvalue weighted by molar-refractivity contribution is 8.00. The first kappa shape index (κ1) is 19.5. The van der Waals surface area contributed by atoms with E-state index in [1.165, 1.54) is 21.3 Å². The molecule has 7 nitrogen and oxygen atoms in total. The summed E-state index contributed by atoms with van der Waals surface area (Å²) in [7, 11) is 3.31. The van der Waals surface area contributed by atoms with E-state index >= 15 is 0 Å². The third kappa shape index (κ3) is 5.23. The summed E-state index contributed by atoms with van der Waals surface area (Å²) in [5.74, 6) is 0.400. The Morgan fingerprint density at radius 3 is 2.43 bits per heavy atom. The Kier molecular flexibility index (Phi) is 7.54. The zero-order valence-corrected chi connectivity index (χ0v) is 15.5. The lowest BCUT2D eigenvalue weighted by Crippen LogP contribution is -2.29. The number of carbonyl (C=O) groups excluding carboxylic acids is 2. The van der Waals surface area contributed by atoms with Crippen molar-refractivity contribution >= 4 is 23.8 Å². The molecule has 130 valence electrons. The molecular formula is C15H26N4O3S. The molecule has 0 aromatic carbocycles. The normalized spacial score (nSPS) is 12.3. The molecule has 0 saturated heterocycles. The van der Waals surface area contributed by atoms with E-state index in [-0.39, 0.29) is 17.9 Å². The summed E-state index contributed by atoms with van der Waals surface area (Å²) in [6, 6.07) is -0.286. The molecule has 0 aliphatic carbocycles. The van der Waals surface area contributed by atoms with Gasteiger partial charge < -0.3 is 9.64 Å². The van der Waals surface area contributed by atoms with Crippen molar-refractivity contribution in [2.45, 2.75) is 56.9 Å². The molecule has 0 N–H and O–H groups in total. The molecule has 1 heterocycles. The Hall–Kier alpha value is -1.57. The van der Waals surface area contributed by atoms with Crippen LogP contribution in [0.2, 0.25) is 0 Å². The van der Waals surface area contributed by atoms with Crippen molar-refractivity contribution < 1.29 is 14.3 Å². The van der Waals surface area contributed by atoms with Crippen LogP contribution in [0, 0.1) is 0 Å². The maximum absolute atomic E-state index is 12.3. The smallest absolute Gasteiger partial charge is 0.346 e. The first-order valence-corrected chi connectivity index (χ1v) is 8.71. The van der Waals surface area contributed by atoms with E-state index in [4.69, 9.17) is 4.74 Å². The van der Waals surface area contributed by atoms with Crippen molar-refractivity contribution in [1.29, 1.82) is 0 Å². The van der Waals surface area contributed by atoms with Crippen molar-refractivity contribution in [2.75, 3.05) is 20.7 Å². The lowest BCUT2D eigenvalue weighted by molar-refractivity contribution is -0.142. The van der Waals surface area contributed by atoms with Gasteiger partial charge in [0.2, 0.25) is 0 Å². The van der Waals surface area contributed by atoms with E-state index in [0.717, 1.165) is 6.42 Å². The number of hydrogen-bond acceptors (Lipinski definition) is 6. The van der Waals surface area contributed by atoms with Crippen LogP contribution in [0.25, 0.3) is 0 Å². The number of ether oxygens (including phenoxy) is 1. The molecule has 0 saturated carbocycles. The van der Waals surface area contributed by atoms with E-state index in [1.807, 2.05) is 20.8 Å². The molecule has 1 rings (SSSR count). The molecule has 23 heavy (non-hydrogen) atoms. The average molecular weight is 342 g/mol. The van der Waals surface area contributed by atoms with Crippen LogP contribution in [-0.2, 0) is 9.53 Å². The summed E-state index contributed by atoms with van der Waals surface area (Å²) in [6.45, 7) is 8.04. The fourth-order valence-electron chi connectivity index (χ4n) is 1.80. The van der Waals surface area contributed by atoms with Crippen molar-refractivity contribution in [3.63, 3.8) is 0 Å². The molecule has 0 aliphatic rings. The van der Waals surface area contributed by atoms with Crippen molar-refractivity contribution in [2.24, 2.45) is 0 Å². The van der Waals surface area contributed by atoms with E-state index in [9.17, 15) is 9.59 Å². The van der Waals surface area contributed by atoms with Gasteiger partial charge >= 0.3 is 12.0 Å². The maximum atomic E-state index is 12.3. The molecule has 0 radical (unpaired) electrons. The number of aromatic nitrogens is 3. The molecule has 1 unspecified atom stereocenters. The molecule has 0 aliphatic heterocycles. The highest BCUT2D eigenvalue weighted by atomic mass is 32.2. The third-order valence-corrected chi connectivity index (χ3v) is 4.21. The molecule has 0 bridgehead atoms. The van der Waals surface area contributed by atoms with Gasteiger partial charge in [-0.05, 0) is 13.3 Å². The molecular weight excluding hydrogens is 316 g/mol. The number of thioether (sulfide) groups is 1. The van der Waals surface area contributed by atoms with Crippen LogP contribution in [0.4, 0.5) is 4.79 Å². The van der Waals surface area contributed by atoms with E-state index in [0.29, 0.717) is 24.0 Å². The Morgan fingerprint density at radius 2 is 1.96 bits per heavy atom.